The number of nitrogens with zero attached hydrogens (tertiary/aromatic N) is 3. The summed E-state index contributed by atoms with van der Waals surface area (Å²) in [6.45, 7) is 7.55. The highest BCUT2D eigenvalue weighted by atomic mass is 32.2. The average Bonchev–Trinajstić information content (AvgIpc) is 2.96. The lowest BCUT2D eigenvalue weighted by atomic mass is 10.2. The maximum absolute atomic E-state index is 13.1. The second-order valence-electron chi connectivity index (χ2n) is 6.73. The molecule has 9 heteroatoms. The third kappa shape index (κ3) is 4.85. The number of thiocarbonyl (C=S) groups is 1. The van der Waals surface area contributed by atoms with Crippen LogP contribution in [0.25, 0.3) is 11.7 Å². The summed E-state index contributed by atoms with van der Waals surface area (Å²) in [4.78, 5) is 32.2. The quantitative estimate of drug-likeness (QED) is 0.390. The van der Waals surface area contributed by atoms with Crippen LogP contribution in [0, 0.1) is 0 Å². The zero-order valence-electron chi connectivity index (χ0n) is 16.7. The SMILES string of the molecule is CCN1C(=O)C(=Cc2c(NCCCOC(C)C)nc3ccccn3c2=O)SC1=S. The lowest BCUT2D eigenvalue weighted by Crippen LogP contribution is -2.27. The van der Waals surface area contributed by atoms with Crippen LogP contribution in [0.1, 0.15) is 32.8 Å². The highest BCUT2D eigenvalue weighted by Crippen LogP contribution is 2.32. The molecular weight excluding hydrogens is 408 g/mol. The third-order valence-corrected chi connectivity index (χ3v) is 5.68. The molecule has 154 valence electrons. The van der Waals surface area contributed by atoms with Crippen LogP contribution in [0.5, 0.6) is 0 Å². The maximum atomic E-state index is 13.1. The molecule has 2 aromatic rings. The van der Waals surface area contributed by atoms with E-state index in [-0.39, 0.29) is 17.6 Å². The largest absolute Gasteiger partial charge is 0.379 e. The molecule has 1 fully saturated rings. The Hall–Kier alpha value is -2.23. The minimum Gasteiger partial charge on any atom is -0.379 e. The number of ether oxygens (including phenoxy) is 1. The molecule has 7 nitrogen and oxygen atoms in total. The summed E-state index contributed by atoms with van der Waals surface area (Å²) in [5, 5.41) is 3.23. The zero-order valence-corrected chi connectivity index (χ0v) is 18.3. The summed E-state index contributed by atoms with van der Waals surface area (Å²) in [5.74, 6) is 0.267. The number of carbonyl (C=O) groups is 1. The van der Waals surface area contributed by atoms with E-state index in [9.17, 15) is 9.59 Å². The van der Waals surface area contributed by atoms with Gasteiger partial charge in [0.05, 0.1) is 16.6 Å². The molecule has 0 radical (unpaired) electrons. The Kier molecular flexibility index (Phi) is 7.05. The number of nitrogens with one attached hydrogen (secondary N) is 1. The van der Waals surface area contributed by atoms with Gasteiger partial charge in [-0.25, -0.2) is 4.98 Å². The number of thioether (sulfide) groups is 1. The van der Waals surface area contributed by atoms with Crippen molar-refractivity contribution < 1.29 is 9.53 Å². The number of rotatable bonds is 8. The molecule has 1 aliphatic rings. The zero-order chi connectivity index (χ0) is 21.0. The number of pyridine rings is 1. The number of likely N-dealkylation sites (N-methyl/N-ethyl adjacent to an activating group) is 1. The molecule has 1 amide bonds. The van der Waals surface area contributed by atoms with Gasteiger partial charge in [-0.2, -0.15) is 0 Å². The van der Waals surface area contributed by atoms with Crippen molar-refractivity contribution in [3.05, 3.63) is 45.2 Å². The summed E-state index contributed by atoms with van der Waals surface area (Å²) in [7, 11) is 0. The molecule has 0 bridgehead atoms. The Labute approximate surface area is 179 Å². The molecule has 0 saturated carbocycles. The van der Waals surface area contributed by atoms with Crippen LogP contribution < -0.4 is 10.9 Å². The Balaban J connectivity index is 1.95. The van der Waals surface area contributed by atoms with Crippen molar-refractivity contribution in [2.75, 3.05) is 25.0 Å². The molecule has 3 heterocycles. The first-order valence-corrected chi connectivity index (χ1v) is 10.8. The fraction of sp³-hybridized carbons (Fsp3) is 0.400. The minimum atomic E-state index is -0.238. The second-order valence-corrected chi connectivity index (χ2v) is 8.41. The van der Waals surface area contributed by atoms with E-state index in [0.29, 0.717) is 46.0 Å². The molecular formula is C20H24N4O3S2. The van der Waals surface area contributed by atoms with E-state index in [4.69, 9.17) is 17.0 Å². The Morgan fingerprint density at radius 3 is 2.83 bits per heavy atom. The van der Waals surface area contributed by atoms with Crippen LogP contribution in [-0.2, 0) is 9.53 Å². The lowest BCUT2D eigenvalue weighted by molar-refractivity contribution is -0.121. The smallest absolute Gasteiger partial charge is 0.267 e. The first kappa shape index (κ1) is 21.5. The molecule has 1 saturated heterocycles. The van der Waals surface area contributed by atoms with E-state index < -0.39 is 0 Å². The van der Waals surface area contributed by atoms with E-state index in [0.717, 1.165) is 6.42 Å². The fourth-order valence-corrected chi connectivity index (χ4v) is 4.24. The van der Waals surface area contributed by atoms with E-state index >= 15 is 0 Å². The van der Waals surface area contributed by atoms with Crippen molar-refractivity contribution in [3.8, 4) is 0 Å². The number of hydrogen-bond acceptors (Lipinski definition) is 7. The van der Waals surface area contributed by atoms with E-state index in [1.165, 1.54) is 21.1 Å². The molecule has 1 N–H and O–H groups in total. The van der Waals surface area contributed by atoms with Gasteiger partial charge in [-0.3, -0.25) is 18.9 Å². The molecule has 0 unspecified atom stereocenters. The van der Waals surface area contributed by atoms with Gasteiger partial charge in [0.15, 0.2) is 0 Å². The average molecular weight is 433 g/mol. The van der Waals surface area contributed by atoms with Crippen LogP contribution in [0.3, 0.4) is 0 Å². The van der Waals surface area contributed by atoms with Gasteiger partial charge in [0, 0.05) is 25.9 Å². The van der Waals surface area contributed by atoms with Gasteiger partial charge in [-0.15, -0.1) is 0 Å². The van der Waals surface area contributed by atoms with Gasteiger partial charge in [-0.1, -0.05) is 30.0 Å². The molecule has 2 aromatic heterocycles. The predicted molar refractivity (Wildman–Crippen MR) is 121 cm³/mol. The first-order chi connectivity index (χ1) is 13.9. The molecule has 1 aliphatic heterocycles. The van der Waals surface area contributed by atoms with E-state index in [1.807, 2.05) is 26.8 Å². The standard InChI is InChI=1S/C20H24N4O3S2/c1-4-23-19(26)15(29-20(23)28)12-14-17(21-9-7-11-27-13(2)3)22-16-8-5-6-10-24(16)18(14)25/h5-6,8,10,12-13,21H,4,7,9,11H2,1-3H3. The molecule has 0 aliphatic carbocycles. The fourth-order valence-electron chi connectivity index (χ4n) is 2.87. The molecule has 29 heavy (non-hydrogen) atoms. The van der Waals surface area contributed by atoms with Crippen LogP contribution in [0.4, 0.5) is 5.82 Å². The van der Waals surface area contributed by atoms with Gasteiger partial charge in [0.25, 0.3) is 11.5 Å². The van der Waals surface area contributed by atoms with Gasteiger partial charge < -0.3 is 10.1 Å². The Bertz CT molecular complexity index is 1020. The molecule has 0 aromatic carbocycles. The Morgan fingerprint density at radius 2 is 2.14 bits per heavy atom. The number of carbonyl (C=O) groups excluding carboxylic acids is 1. The van der Waals surface area contributed by atoms with Gasteiger partial charge in [0.2, 0.25) is 0 Å². The maximum Gasteiger partial charge on any atom is 0.267 e. The minimum absolute atomic E-state index is 0.175. The lowest BCUT2D eigenvalue weighted by Gasteiger charge is -2.12. The first-order valence-electron chi connectivity index (χ1n) is 9.54. The van der Waals surface area contributed by atoms with Gasteiger partial charge >= 0.3 is 0 Å². The van der Waals surface area contributed by atoms with E-state index in [1.54, 1.807) is 24.4 Å². The number of anilines is 1. The van der Waals surface area contributed by atoms with Crippen molar-refractivity contribution in [1.29, 1.82) is 0 Å². The summed E-state index contributed by atoms with van der Waals surface area (Å²) >= 11 is 6.48. The number of amides is 1. The van der Waals surface area contributed by atoms with Crippen molar-refractivity contribution in [1.82, 2.24) is 14.3 Å². The van der Waals surface area contributed by atoms with Crippen molar-refractivity contribution in [3.63, 3.8) is 0 Å². The molecule has 3 rings (SSSR count). The van der Waals surface area contributed by atoms with Crippen LogP contribution >= 0.6 is 24.0 Å². The monoisotopic (exact) mass is 432 g/mol. The van der Waals surface area contributed by atoms with Crippen LogP contribution in [-0.4, -0.2) is 50.3 Å². The highest BCUT2D eigenvalue weighted by molar-refractivity contribution is 8.26. The third-order valence-electron chi connectivity index (χ3n) is 4.30. The summed E-state index contributed by atoms with van der Waals surface area (Å²) < 4.78 is 7.53. The van der Waals surface area contributed by atoms with Crippen LogP contribution in [0.2, 0.25) is 0 Å². The summed E-state index contributed by atoms with van der Waals surface area (Å²) in [6.07, 6.45) is 4.20. The normalized spacial score (nSPS) is 15.9. The number of fused-ring (bicyclic) bond motifs is 1. The summed E-state index contributed by atoms with van der Waals surface area (Å²) in [5.41, 5.74) is 0.644. The highest BCUT2D eigenvalue weighted by Gasteiger charge is 2.31. The van der Waals surface area contributed by atoms with E-state index in [2.05, 4.69) is 10.3 Å². The van der Waals surface area contributed by atoms with Crippen molar-refractivity contribution in [2.24, 2.45) is 0 Å². The number of aromatic nitrogens is 2. The second kappa shape index (κ2) is 9.51. The summed E-state index contributed by atoms with van der Waals surface area (Å²) in [6, 6.07) is 5.37. The molecule has 0 spiro atoms. The number of hydrogen-bond donors (Lipinski definition) is 1. The molecule has 0 atom stereocenters. The predicted octanol–water partition coefficient (Wildman–Crippen LogP) is 3.14. The van der Waals surface area contributed by atoms with Gasteiger partial charge in [0.1, 0.15) is 15.8 Å². The Morgan fingerprint density at radius 1 is 1.34 bits per heavy atom. The van der Waals surface area contributed by atoms with Gasteiger partial charge in [-0.05, 0) is 45.4 Å². The van der Waals surface area contributed by atoms with Crippen molar-refractivity contribution >= 4 is 51.7 Å². The topological polar surface area (TPSA) is 75.9 Å². The van der Waals surface area contributed by atoms with Crippen LogP contribution in [0.15, 0.2) is 34.1 Å². The van der Waals surface area contributed by atoms with Crippen molar-refractivity contribution in [2.45, 2.75) is 33.3 Å².